The zero-order valence-electron chi connectivity index (χ0n) is 10.7. The molecule has 0 saturated heterocycles. The second-order valence-corrected chi connectivity index (χ2v) is 31.5. The molecule has 0 aromatic carbocycles. The SMILES string of the molecule is CC[S][Sn]([CH2]C)([CH2]CCC(C)N)[S]CC. The van der Waals surface area contributed by atoms with E-state index >= 15 is 0 Å². The summed E-state index contributed by atoms with van der Waals surface area (Å²) in [6.45, 7) is 9.16. The van der Waals surface area contributed by atoms with Crippen LogP contribution in [0.15, 0.2) is 0 Å². The third-order valence-corrected chi connectivity index (χ3v) is 35.8. The van der Waals surface area contributed by atoms with Gasteiger partial charge < -0.3 is 0 Å². The number of rotatable bonds is 9. The van der Waals surface area contributed by atoms with Crippen molar-refractivity contribution in [2.45, 2.75) is 55.5 Å². The molecule has 1 nitrogen and oxygen atoms in total. The Bertz CT molecular complexity index is 148. The molecule has 0 rings (SSSR count). The average Bonchev–Trinajstić information content (AvgIpc) is 2.17. The van der Waals surface area contributed by atoms with Crippen LogP contribution >= 0.6 is 17.9 Å². The van der Waals surface area contributed by atoms with Crippen LogP contribution in [0.2, 0.25) is 8.87 Å². The van der Waals surface area contributed by atoms with Gasteiger partial charge in [0.25, 0.3) is 0 Å². The molecule has 1 atom stereocenters. The van der Waals surface area contributed by atoms with Crippen LogP contribution in [0.3, 0.4) is 0 Å². The van der Waals surface area contributed by atoms with Crippen LogP contribution in [-0.4, -0.2) is 33.2 Å². The molecule has 0 saturated carbocycles. The summed E-state index contributed by atoms with van der Waals surface area (Å²) >= 11 is -1.83. The third kappa shape index (κ3) is 7.40. The molecule has 92 valence electrons. The van der Waals surface area contributed by atoms with Crippen LogP contribution in [-0.2, 0) is 0 Å². The Morgan fingerprint density at radius 1 is 1.13 bits per heavy atom. The van der Waals surface area contributed by atoms with Crippen molar-refractivity contribution in [2.75, 3.05) is 11.5 Å². The van der Waals surface area contributed by atoms with Crippen molar-refractivity contribution in [2.24, 2.45) is 5.73 Å². The van der Waals surface area contributed by atoms with Crippen molar-refractivity contribution in [1.29, 1.82) is 0 Å². The van der Waals surface area contributed by atoms with E-state index in [-0.39, 0.29) is 0 Å². The minimum absolute atomic E-state index is 0.393. The van der Waals surface area contributed by atoms with Crippen molar-refractivity contribution >= 4 is 33.5 Å². The summed E-state index contributed by atoms with van der Waals surface area (Å²) in [5.41, 5.74) is 5.82. The molecular weight excluding hydrogens is 329 g/mol. The molecule has 0 amide bonds. The molecule has 0 spiro atoms. The predicted octanol–water partition coefficient (Wildman–Crippen LogP) is 4.08. The topological polar surface area (TPSA) is 26.0 Å². The first-order valence-corrected chi connectivity index (χ1v) is 19.1. The van der Waals surface area contributed by atoms with E-state index in [1.807, 2.05) is 0 Å². The van der Waals surface area contributed by atoms with Crippen LogP contribution in [0.5, 0.6) is 0 Å². The van der Waals surface area contributed by atoms with Crippen molar-refractivity contribution in [3.05, 3.63) is 0 Å². The molecule has 15 heavy (non-hydrogen) atoms. The molecule has 4 heteroatoms. The first kappa shape index (κ1) is 16.5. The Labute approximate surface area is 105 Å². The van der Waals surface area contributed by atoms with Crippen LogP contribution in [0, 0.1) is 0 Å². The van der Waals surface area contributed by atoms with E-state index in [1.54, 1.807) is 0 Å². The second kappa shape index (κ2) is 9.48. The van der Waals surface area contributed by atoms with E-state index in [0.29, 0.717) is 6.04 Å². The van der Waals surface area contributed by atoms with E-state index in [2.05, 4.69) is 45.6 Å². The molecule has 0 heterocycles. The maximum atomic E-state index is 5.82. The quantitative estimate of drug-likeness (QED) is 0.631. The van der Waals surface area contributed by atoms with Gasteiger partial charge >= 0.3 is 106 Å². The summed E-state index contributed by atoms with van der Waals surface area (Å²) in [5, 5.41) is 0. The van der Waals surface area contributed by atoms with Gasteiger partial charge in [0, 0.05) is 0 Å². The average molecular weight is 356 g/mol. The monoisotopic (exact) mass is 357 g/mol. The molecule has 0 aliphatic carbocycles. The standard InChI is InChI=1S/C5H12N.2C2H6S.C2H5.Sn/c1-3-4-5(2)6;2*1-2-3;1-2;/h5H,1,3-4,6H2,2H3;2*3H,2H2,1H3;1H2,2H3;/q;;;;+2/p-2. The van der Waals surface area contributed by atoms with Gasteiger partial charge in [-0.15, -0.1) is 0 Å². The molecule has 0 aromatic heterocycles. The summed E-state index contributed by atoms with van der Waals surface area (Å²) in [4.78, 5) is 0. The van der Waals surface area contributed by atoms with E-state index in [4.69, 9.17) is 5.73 Å². The minimum atomic E-state index is -1.83. The van der Waals surface area contributed by atoms with Gasteiger partial charge in [0.1, 0.15) is 0 Å². The van der Waals surface area contributed by atoms with Gasteiger partial charge in [-0.3, -0.25) is 0 Å². The van der Waals surface area contributed by atoms with Gasteiger partial charge in [-0.25, -0.2) is 0 Å². The molecule has 0 fully saturated rings. The molecule has 0 aromatic rings. The fourth-order valence-electron chi connectivity index (χ4n) is 1.79. The van der Waals surface area contributed by atoms with Crippen molar-refractivity contribution < 1.29 is 0 Å². The summed E-state index contributed by atoms with van der Waals surface area (Å²) in [6.07, 6.45) is 2.58. The van der Waals surface area contributed by atoms with Crippen LogP contribution in [0.1, 0.15) is 40.5 Å². The summed E-state index contributed by atoms with van der Waals surface area (Å²) in [7, 11) is 4.66. The Morgan fingerprint density at radius 2 is 1.67 bits per heavy atom. The van der Waals surface area contributed by atoms with Gasteiger partial charge in [-0.05, 0) is 0 Å². The van der Waals surface area contributed by atoms with Crippen LogP contribution < -0.4 is 5.73 Å². The Hall–Kier alpha value is 1.46. The molecular formula is C11H27NS2Sn. The Morgan fingerprint density at radius 3 is 2.00 bits per heavy atom. The van der Waals surface area contributed by atoms with Crippen molar-refractivity contribution in [3.8, 4) is 0 Å². The van der Waals surface area contributed by atoms with Gasteiger partial charge in [0.2, 0.25) is 0 Å². The van der Waals surface area contributed by atoms with E-state index < -0.39 is 15.6 Å². The third-order valence-electron chi connectivity index (χ3n) is 2.57. The molecule has 2 N–H and O–H groups in total. The second-order valence-electron chi connectivity index (χ2n) is 4.00. The zero-order valence-corrected chi connectivity index (χ0v) is 15.2. The predicted molar refractivity (Wildman–Crippen MR) is 80.2 cm³/mol. The van der Waals surface area contributed by atoms with E-state index in [1.165, 1.54) is 33.2 Å². The van der Waals surface area contributed by atoms with Gasteiger partial charge in [-0.2, -0.15) is 0 Å². The molecule has 0 aliphatic heterocycles. The fraction of sp³-hybridized carbons (Fsp3) is 1.00. The zero-order chi connectivity index (χ0) is 11.7. The van der Waals surface area contributed by atoms with Crippen LogP contribution in [0.4, 0.5) is 0 Å². The van der Waals surface area contributed by atoms with Gasteiger partial charge in [0.05, 0.1) is 0 Å². The first-order chi connectivity index (χ1) is 7.10. The molecule has 1 unspecified atom stereocenters. The Balaban J connectivity index is 4.08. The summed E-state index contributed by atoms with van der Waals surface area (Å²) in [6, 6.07) is 0.393. The van der Waals surface area contributed by atoms with Crippen LogP contribution in [0.25, 0.3) is 0 Å². The Kier molecular flexibility index (Phi) is 10.4. The van der Waals surface area contributed by atoms with E-state index in [9.17, 15) is 0 Å². The van der Waals surface area contributed by atoms with Crippen molar-refractivity contribution in [1.82, 2.24) is 0 Å². The summed E-state index contributed by atoms with van der Waals surface area (Å²) < 4.78 is 2.99. The van der Waals surface area contributed by atoms with Gasteiger partial charge in [0.15, 0.2) is 0 Å². The normalized spacial score (nSPS) is 14.2. The van der Waals surface area contributed by atoms with E-state index in [0.717, 1.165) is 0 Å². The van der Waals surface area contributed by atoms with Crippen molar-refractivity contribution in [3.63, 3.8) is 0 Å². The molecule has 0 aliphatic rings. The maximum absolute atomic E-state index is 5.82. The molecule has 0 radical (unpaired) electrons. The molecule has 0 bridgehead atoms. The first-order valence-electron chi connectivity index (χ1n) is 6.13. The number of hydrogen-bond donors (Lipinski definition) is 1. The number of hydrogen-bond acceptors (Lipinski definition) is 3. The van der Waals surface area contributed by atoms with Gasteiger partial charge in [-0.1, -0.05) is 0 Å². The number of nitrogens with two attached hydrogens (primary N) is 1. The fourth-order valence-corrected chi connectivity index (χ4v) is 30.8. The summed E-state index contributed by atoms with van der Waals surface area (Å²) in [5.74, 6) is 2.63.